The maximum absolute atomic E-state index is 9.14. The van der Waals surface area contributed by atoms with Crippen molar-refractivity contribution in [3.05, 3.63) is 21.4 Å². The summed E-state index contributed by atoms with van der Waals surface area (Å²) in [5.41, 5.74) is 1.29. The molecule has 1 nitrogen and oxygen atoms in total. The Kier molecular flexibility index (Phi) is 2.68. The Morgan fingerprint density at radius 1 is 1.55 bits per heavy atom. The fraction of sp³-hybridized carbons (Fsp3) is 0.556. The third-order valence-corrected chi connectivity index (χ3v) is 2.67. The molecular weight excluding hydrogens is 156 g/mol. The van der Waals surface area contributed by atoms with Crippen LogP contribution < -0.4 is 0 Å². The normalized spacial score (nSPS) is 13.5. The monoisotopic (exact) mass is 170 g/mol. The standard InChI is InChI=1S/C9H14OS/c1-6(10)4-9-5-7(2)11-8(9)3/h5-6,10H,4H2,1-3H3/t6-/m0/s1. The van der Waals surface area contributed by atoms with Gasteiger partial charge in [0.2, 0.25) is 0 Å². The van der Waals surface area contributed by atoms with Crippen LogP contribution in [0.1, 0.15) is 22.2 Å². The van der Waals surface area contributed by atoms with Crippen molar-refractivity contribution in [3.8, 4) is 0 Å². The van der Waals surface area contributed by atoms with Gasteiger partial charge in [-0.25, -0.2) is 0 Å². The Bertz CT molecular complexity index is 238. The first-order valence-corrected chi connectivity index (χ1v) is 4.65. The van der Waals surface area contributed by atoms with E-state index in [1.807, 2.05) is 6.92 Å². The lowest BCUT2D eigenvalue weighted by Gasteiger charge is -2.01. The Morgan fingerprint density at radius 2 is 2.18 bits per heavy atom. The molecule has 1 rings (SSSR count). The van der Waals surface area contributed by atoms with Gasteiger partial charge in [0, 0.05) is 9.75 Å². The topological polar surface area (TPSA) is 20.2 Å². The first kappa shape index (κ1) is 8.75. The molecule has 0 aromatic carbocycles. The van der Waals surface area contributed by atoms with Crippen LogP contribution >= 0.6 is 11.3 Å². The number of thiophene rings is 1. The molecule has 11 heavy (non-hydrogen) atoms. The van der Waals surface area contributed by atoms with Crippen LogP contribution in [0.4, 0.5) is 0 Å². The highest BCUT2D eigenvalue weighted by molar-refractivity contribution is 7.12. The van der Waals surface area contributed by atoms with Gasteiger partial charge in [0.15, 0.2) is 0 Å². The second-order valence-electron chi connectivity index (χ2n) is 2.99. The molecule has 1 heterocycles. The predicted octanol–water partition coefficient (Wildman–Crippen LogP) is 2.29. The van der Waals surface area contributed by atoms with E-state index in [9.17, 15) is 0 Å². The third kappa shape index (κ3) is 2.31. The third-order valence-electron chi connectivity index (χ3n) is 1.66. The molecule has 2 heteroatoms. The summed E-state index contributed by atoms with van der Waals surface area (Å²) in [7, 11) is 0. The zero-order valence-corrected chi connectivity index (χ0v) is 8.03. The number of aliphatic hydroxyl groups excluding tert-OH is 1. The Hall–Kier alpha value is -0.340. The van der Waals surface area contributed by atoms with E-state index in [0.29, 0.717) is 0 Å². The largest absolute Gasteiger partial charge is 0.393 e. The summed E-state index contributed by atoms with van der Waals surface area (Å²) < 4.78 is 0. The quantitative estimate of drug-likeness (QED) is 0.722. The number of hydrogen-bond donors (Lipinski definition) is 1. The number of rotatable bonds is 2. The molecule has 0 aliphatic carbocycles. The number of hydrogen-bond acceptors (Lipinski definition) is 2. The van der Waals surface area contributed by atoms with E-state index in [4.69, 9.17) is 5.11 Å². The molecule has 0 unspecified atom stereocenters. The summed E-state index contributed by atoms with van der Waals surface area (Å²) in [6.07, 6.45) is 0.568. The van der Waals surface area contributed by atoms with E-state index in [-0.39, 0.29) is 6.10 Å². The van der Waals surface area contributed by atoms with Crippen molar-refractivity contribution in [1.82, 2.24) is 0 Å². The molecule has 0 saturated heterocycles. The van der Waals surface area contributed by atoms with Crippen molar-refractivity contribution in [1.29, 1.82) is 0 Å². The molecule has 1 aromatic heterocycles. The van der Waals surface area contributed by atoms with E-state index >= 15 is 0 Å². The average Bonchev–Trinajstić information content (AvgIpc) is 2.09. The second-order valence-corrected chi connectivity index (χ2v) is 4.45. The average molecular weight is 170 g/mol. The van der Waals surface area contributed by atoms with Crippen molar-refractivity contribution in [2.24, 2.45) is 0 Å². The van der Waals surface area contributed by atoms with E-state index in [0.717, 1.165) is 6.42 Å². The summed E-state index contributed by atoms with van der Waals surface area (Å²) in [4.78, 5) is 2.67. The van der Waals surface area contributed by atoms with Crippen LogP contribution in [0.2, 0.25) is 0 Å². The predicted molar refractivity (Wildman–Crippen MR) is 49.2 cm³/mol. The van der Waals surface area contributed by atoms with E-state index < -0.39 is 0 Å². The molecule has 0 fully saturated rings. The zero-order chi connectivity index (χ0) is 8.43. The number of aliphatic hydroxyl groups is 1. The van der Waals surface area contributed by atoms with Gasteiger partial charge in [-0.2, -0.15) is 0 Å². The first-order chi connectivity index (χ1) is 5.09. The van der Waals surface area contributed by atoms with Gasteiger partial charge in [0.05, 0.1) is 6.10 Å². The van der Waals surface area contributed by atoms with Crippen LogP contribution in [-0.2, 0) is 6.42 Å². The van der Waals surface area contributed by atoms with Crippen LogP contribution in [0.3, 0.4) is 0 Å². The van der Waals surface area contributed by atoms with E-state index in [1.165, 1.54) is 15.3 Å². The van der Waals surface area contributed by atoms with Crippen LogP contribution in [-0.4, -0.2) is 11.2 Å². The molecule has 0 amide bonds. The molecule has 0 aliphatic heterocycles. The fourth-order valence-corrected chi connectivity index (χ4v) is 2.16. The zero-order valence-electron chi connectivity index (χ0n) is 7.22. The molecule has 1 N–H and O–H groups in total. The van der Waals surface area contributed by atoms with Gasteiger partial charge in [-0.3, -0.25) is 0 Å². The van der Waals surface area contributed by atoms with Crippen LogP contribution in [0.5, 0.6) is 0 Å². The van der Waals surface area contributed by atoms with E-state index in [2.05, 4.69) is 19.9 Å². The molecule has 0 saturated carbocycles. The highest BCUT2D eigenvalue weighted by atomic mass is 32.1. The lowest BCUT2D eigenvalue weighted by atomic mass is 10.1. The lowest BCUT2D eigenvalue weighted by molar-refractivity contribution is 0.195. The van der Waals surface area contributed by atoms with Crippen LogP contribution in [0.15, 0.2) is 6.07 Å². The van der Waals surface area contributed by atoms with Crippen LogP contribution in [0.25, 0.3) is 0 Å². The molecule has 0 spiro atoms. The molecule has 0 radical (unpaired) electrons. The number of aryl methyl sites for hydroxylation is 2. The Morgan fingerprint density at radius 3 is 2.55 bits per heavy atom. The second kappa shape index (κ2) is 3.37. The smallest absolute Gasteiger partial charge is 0.0552 e. The van der Waals surface area contributed by atoms with Crippen LogP contribution in [0, 0.1) is 13.8 Å². The molecule has 1 aromatic rings. The summed E-state index contributed by atoms with van der Waals surface area (Å²) in [5.74, 6) is 0. The van der Waals surface area contributed by atoms with Gasteiger partial charge >= 0.3 is 0 Å². The van der Waals surface area contributed by atoms with Gasteiger partial charge in [0.1, 0.15) is 0 Å². The first-order valence-electron chi connectivity index (χ1n) is 3.83. The molecule has 1 atom stereocenters. The summed E-state index contributed by atoms with van der Waals surface area (Å²) >= 11 is 1.80. The highest BCUT2D eigenvalue weighted by Gasteiger charge is 2.04. The van der Waals surface area contributed by atoms with Crippen molar-refractivity contribution in [3.63, 3.8) is 0 Å². The van der Waals surface area contributed by atoms with Gasteiger partial charge in [-0.05, 0) is 38.8 Å². The van der Waals surface area contributed by atoms with E-state index in [1.54, 1.807) is 11.3 Å². The maximum Gasteiger partial charge on any atom is 0.0552 e. The molecule has 0 bridgehead atoms. The van der Waals surface area contributed by atoms with Gasteiger partial charge in [-0.1, -0.05) is 0 Å². The molecular formula is C9H14OS. The molecule has 0 aliphatic rings. The molecule has 62 valence electrons. The SMILES string of the molecule is Cc1cc(C[C@H](C)O)c(C)s1. The summed E-state index contributed by atoms with van der Waals surface area (Å²) in [5, 5.41) is 9.14. The summed E-state index contributed by atoms with van der Waals surface area (Å²) in [6, 6.07) is 2.16. The van der Waals surface area contributed by atoms with Crippen molar-refractivity contribution in [2.45, 2.75) is 33.3 Å². The van der Waals surface area contributed by atoms with Crippen molar-refractivity contribution >= 4 is 11.3 Å². The van der Waals surface area contributed by atoms with Gasteiger partial charge in [-0.15, -0.1) is 11.3 Å². The highest BCUT2D eigenvalue weighted by Crippen LogP contribution is 2.21. The Labute approximate surface area is 71.7 Å². The minimum absolute atomic E-state index is 0.220. The van der Waals surface area contributed by atoms with Crippen molar-refractivity contribution < 1.29 is 5.11 Å². The van der Waals surface area contributed by atoms with Gasteiger partial charge in [0.25, 0.3) is 0 Å². The van der Waals surface area contributed by atoms with Gasteiger partial charge < -0.3 is 5.11 Å². The lowest BCUT2D eigenvalue weighted by Crippen LogP contribution is -2.03. The van der Waals surface area contributed by atoms with Crippen molar-refractivity contribution in [2.75, 3.05) is 0 Å². The minimum Gasteiger partial charge on any atom is -0.393 e. The maximum atomic E-state index is 9.14. The summed E-state index contributed by atoms with van der Waals surface area (Å²) in [6.45, 7) is 6.03. The fourth-order valence-electron chi connectivity index (χ4n) is 1.20. The minimum atomic E-state index is -0.220. The Balaban J connectivity index is 2.77.